The van der Waals surface area contributed by atoms with Crippen molar-refractivity contribution in [1.82, 2.24) is 5.32 Å². The molecule has 1 atom stereocenters. The molecule has 1 unspecified atom stereocenters. The smallest absolute Gasteiger partial charge is 0.272 e. The molecule has 3 amide bonds. The van der Waals surface area contributed by atoms with Gasteiger partial charge in [0.05, 0.1) is 5.25 Å². The van der Waals surface area contributed by atoms with Crippen LogP contribution in [0.3, 0.4) is 0 Å². The van der Waals surface area contributed by atoms with Crippen LogP contribution in [0, 0.1) is 0 Å². The van der Waals surface area contributed by atoms with Gasteiger partial charge in [0.1, 0.15) is 5.70 Å². The molecule has 9 heteroatoms. The molecular formula is C34H31Cl2N3O3S. The molecule has 3 N–H and O–H groups in total. The van der Waals surface area contributed by atoms with Gasteiger partial charge in [-0.3, -0.25) is 14.4 Å². The number of hydrogen-bond acceptors (Lipinski definition) is 4. The number of carbonyl (C=O) groups is 3. The molecule has 4 aromatic carbocycles. The number of nitrogens with one attached hydrogen (secondary N) is 3. The van der Waals surface area contributed by atoms with Gasteiger partial charge < -0.3 is 16.0 Å². The Bertz CT molecular complexity index is 1620. The molecular weight excluding hydrogens is 601 g/mol. The lowest BCUT2D eigenvalue weighted by molar-refractivity contribution is -0.115. The first-order valence-electron chi connectivity index (χ1n) is 13.6. The van der Waals surface area contributed by atoms with E-state index >= 15 is 0 Å². The van der Waals surface area contributed by atoms with Crippen molar-refractivity contribution in [2.75, 3.05) is 10.6 Å². The molecule has 0 saturated carbocycles. The summed E-state index contributed by atoms with van der Waals surface area (Å²) in [5, 5.41) is 8.85. The summed E-state index contributed by atoms with van der Waals surface area (Å²) in [5.41, 5.74) is 3.49. The molecule has 4 aromatic rings. The van der Waals surface area contributed by atoms with Crippen LogP contribution in [-0.2, 0) is 9.59 Å². The van der Waals surface area contributed by atoms with E-state index in [0.717, 1.165) is 10.5 Å². The molecule has 0 bridgehead atoms. The third-order valence-corrected chi connectivity index (χ3v) is 7.88. The molecule has 0 spiro atoms. The van der Waals surface area contributed by atoms with Gasteiger partial charge in [0.15, 0.2) is 0 Å². The van der Waals surface area contributed by atoms with Crippen molar-refractivity contribution >= 4 is 70.1 Å². The summed E-state index contributed by atoms with van der Waals surface area (Å²) in [4.78, 5) is 40.0. The van der Waals surface area contributed by atoms with Gasteiger partial charge in [-0.2, -0.15) is 0 Å². The van der Waals surface area contributed by atoms with Gasteiger partial charge >= 0.3 is 0 Å². The Morgan fingerprint density at radius 1 is 0.744 bits per heavy atom. The zero-order valence-corrected chi connectivity index (χ0v) is 26.2. The number of carbonyl (C=O) groups excluding carboxylic acids is 3. The third-order valence-electron chi connectivity index (χ3n) is 6.35. The molecule has 220 valence electrons. The minimum Gasteiger partial charge on any atom is -0.325 e. The van der Waals surface area contributed by atoms with E-state index in [-0.39, 0.29) is 11.6 Å². The molecule has 0 saturated heterocycles. The second-order valence-corrected chi connectivity index (χ2v) is 12.4. The summed E-state index contributed by atoms with van der Waals surface area (Å²) in [6, 6.07) is 28.5. The summed E-state index contributed by atoms with van der Waals surface area (Å²) in [6.45, 7) is 6.00. The number of rotatable bonds is 10. The van der Waals surface area contributed by atoms with E-state index < -0.39 is 17.1 Å². The number of benzene rings is 4. The number of halogens is 2. The first kappa shape index (κ1) is 31.9. The maximum atomic E-state index is 13.5. The molecule has 0 aliphatic carbocycles. The Hall–Kier alpha value is -4.04. The number of anilines is 2. The van der Waals surface area contributed by atoms with E-state index in [1.165, 1.54) is 17.3 Å². The van der Waals surface area contributed by atoms with Gasteiger partial charge in [0, 0.05) is 31.9 Å². The molecule has 0 aliphatic rings. The fourth-order valence-electron chi connectivity index (χ4n) is 4.06. The van der Waals surface area contributed by atoms with Crippen molar-refractivity contribution in [3.63, 3.8) is 0 Å². The summed E-state index contributed by atoms with van der Waals surface area (Å²) >= 11 is 13.4. The van der Waals surface area contributed by atoms with Gasteiger partial charge in [0.25, 0.3) is 11.8 Å². The van der Waals surface area contributed by atoms with Crippen molar-refractivity contribution in [2.45, 2.75) is 36.8 Å². The SMILES string of the molecule is CC(Sc1cccc(NC(=O)/C(=C\c2ccc(C(C)C)cc2)NC(=O)c2ccccc2)c1)C(=O)Nc1cc(Cl)cc(Cl)c1. The van der Waals surface area contributed by atoms with Crippen LogP contribution in [0.5, 0.6) is 0 Å². The van der Waals surface area contributed by atoms with Crippen LogP contribution in [0.25, 0.3) is 6.08 Å². The number of amides is 3. The highest BCUT2D eigenvalue weighted by Gasteiger charge is 2.18. The monoisotopic (exact) mass is 631 g/mol. The Balaban J connectivity index is 1.49. The van der Waals surface area contributed by atoms with Crippen LogP contribution >= 0.6 is 35.0 Å². The normalized spacial score (nSPS) is 12.0. The van der Waals surface area contributed by atoms with E-state index in [9.17, 15) is 14.4 Å². The van der Waals surface area contributed by atoms with Crippen molar-refractivity contribution in [3.8, 4) is 0 Å². The van der Waals surface area contributed by atoms with Crippen LogP contribution in [0.2, 0.25) is 10.0 Å². The average molecular weight is 633 g/mol. The van der Waals surface area contributed by atoms with Crippen LogP contribution in [-0.4, -0.2) is 23.0 Å². The van der Waals surface area contributed by atoms with Crippen LogP contribution in [0.1, 0.15) is 48.2 Å². The Labute approximate surface area is 265 Å². The van der Waals surface area contributed by atoms with E-state index in [2.05, 4.69) is 29.8 Å². The molecule has 0 aliphatic heterocycles. The van der Waals surface area contributed by atoms with Crippen LogP contribution in [0.15, 0.2) is 108 Å². The predicted octanol–water partition coefficient (Wildman–Crippen LogP) is 8.65. The summed E-state index contributed by atoms with van der Waals surface area (Å²) in [5.74, 6) is -0.739. The van der Waals surface area contributed by atoms with Gasteiger partial charge in [0.2, 0.25) is 5.91 Å². The first-order valence-corrected chi connectivity index (χ1v) is 15.2. The summed E-state index contributed by atoms with van der Waals surface area (Å²) in [6.07, 6.45) is 1.65. The lowest BCUT2D eigenvalue weighted by Gasteiger charge is -2.14. The Morgan fingerprint density at radius 3 is 2.07 bits per heavy atom. The topological polar surface area (TPSA) is 87.3 Å². The van der Waals surface area contributed by atoms with Crippen molar-refractivity contribution in [1.29, 1.82) is 0 Å². The fraction of sp³-hybridized carbons (Fsp3) is 0.147. The fourth-order valence-corrected chi connectivity index (χ4v) is 5.51. The highest BCUT2D eigenvalue weighted by Crippen LogP contribution is 2.28. The standard InChI is InChI=1S/C34H31Cl2N3O3S/c1-21(2)24-14-12-23(13-15-24)16-31(39-33(41)25-8-5-4-6-9-25)34(42)37-28-10-7-11-30(20-28)43-22(3)32(40)38-29-18-26(35)17-27(36)19-29/h4-22H,1-3H3,(H,37,42)(H,38,40)(H,39,41)/b31-16+. The maximum absolute atomic E-state index is 13.5. The zero-order chi connectivity index (χ0) is 30.9. The van der Waals surface area contributed by atoms with Crippen LogP contribution in [0.4, 0.5) is 11.4 Å². The van der Waals surface area contributed by atoms with E-state index in [1.54, 1.807) is 73.7 Å². The molecule has 6 nitrogen and oxygen atoms in total. The molecule has 0 fully saturated rings. The number of thioether (sulfide) groups is 1. The van der Waals surface area contributed by atoms with Gasteiger partial charge in [-0.1, -0.05) is 85.6 Å². The Morgan fingerprint density at radius 2 is 1.42 bits per heavy atom. The minimum atomic E-state index is -0.483. The molecule has 0 aromatic heterocycles. The van der Waals surface area contributed by atoms with Crippen molar-refractivity contribution in [2.24, 2.45) is 0 Å². The predicted molar refractivity (Wildman–Crippen MR) is 178 cm³/mol. The molecule has 0 radical (unpaired) electrons. The highest BCUT2D eigenvalue weighted by molar-refractivity contribution is 8.00. The highest BCUT2D eigenvalue weighted by atomic mass is 35.5. The molecule has 0 heterocycles. The summed E-state index contributed by atoms with van der Waals surface area (Å²) in [7, 11) is 0. The maximum Gasteiger partial charge on any atom is 0.272 e. The first-order chi connectivity index (χ1) is 20.6. The number of hydrogen-bond donors (Lipinski definition) is 3. The third kappa shape index (κ3) is 9.48. The molecule has 43 heavy (non-hydrogen) atoms. The van der Waals surface area contributed by atoms with E-state index in [0.29, 0.717) is 32.9 Å². The summed E-state index contributed by atoms with van der Waals surface area (Å²) < 4.78 is 0. The average Bonchev–Trinajstić information content (AvgIpc) is 2.97. The Kier molecular flexibility index (Phi) is 11.1. The lowest BCUT2D eigenvalue weighted by Crippen LogP contribution is -2.30. The van der Waals surface area contributed by atoms with Gasteiger partial charge in [-0.25, -0.2) is 0 Å². The second-order valence-electron chi connectivity index (χ2n) is 10.1. The van der Waals surface area contributed by atoms with E-state index in [1.807, 2.05) is 36.4 Å². The van der Waals surface area contributed by atoms with Gasteiger partial charge in [-0.15, -0.1) is 11.8 Å². The second kappa shape index (κ2) is 14.9. The molecule has 4 rings (SSSR count). The van der Waals surface area contributed by atoms with Crippen molar-refractivity contribution in [3.05, 3.63) is 129 Å². The van der Waals surface area contributed by atoms with E-state index in [4.69, 9.17) is 23.2 Å². The zero-order valence-electron chi connectivity index (χ0n) is 23.9. The lowest BCUT2D eigenvalue weighted by atomic mass is 10.0. The van der Waals surface area contributed by atoms with Crippen LogP contribution < -0.4 is 16.0 Å². The minimum absolute atomic E-state index is 0.0946. The largest absolute Gasteiger partial charge is 0.325 e. The quantitative estimate of drug-likeness (QED) is 0.121. The van der Waals surface area contributed by atoms with Crippen molar-refractivity contribution < 1.29 is 14.4 Å². The van der Waals surface area contributed by atoms with Gasteiger partial charge in [-0.05, 0) is 78.6 Å².